The maximum absolute atomic E-state index is 10.9. The fraction of sp³-hybridized carbons (Fsp3) is 0.889. The molecule has 1 aliphatic carbocycles. The smallest absolute Gasteiger partial charge is 0.407 e. The number of likely N-dealkylation sites (tertiary alicyclic amines) is 1. The van der Waals surface area contributed by atoms with E-state index in [0.717, 1.165) is 25.7 Å². The first kappa shape index (κ1) is 8.81. The highest BCUT2D eigenvalue weighted by molar-refractivity contribution is 5.65. The molecule has 4 nitrogen and oxygen atoms in total. The maximum atomic E-state index is 10.9. The molecule has 3 atom stereocenters. The van der Waals surface area contributed by atoms with Gasteiger partial charge >= 0.3 is 6.09 Å². The molecule has 1 saturated heterocycles. The Morgan fingerprint density at radius 2 is 2.08 bits per heavy atom. The summed E-state index contributed by atoms with van der Waals surface area (Å²) in [6.45, 7) is 0.591. The Kier molecular flexibility index (Phi) is 2.15. The second-order valence-corrected chi connectivity index (χ2v) is 4.01. The van der Waals surface area contributed by atoms with Gasteiger partial charge in [0.1, 0.15) is 0 Å². The van der Waals surface area contributed by atoms with Crippen LogP contribution in [0.25, 0.3) is 0 Å². The molecule has 1 unspecified atom stereocenters. The number of hydrogen-bond donors (Lipinski definition) is 2. The predicted molar refractivity (Wildman–Crippen MR) is 46.5 cm³/mol. The lowest BCUT2D eigenvalue weighted by molar-refractivity contribution is 0.0319. The number of piperidine rings is 1. The van der Waals surface area contributed by atoms with E-state index in [0.29, 0.717) is 12.5 Å². The van der Waals surface area contributed by atoms with Gasteiger partial charge < -0.3 is 15.1 Å². The van der Waals surface area contributed by atoms with E-state index >= 15 is 0 Å². The number of hydrogen-bond acceptors (Lipinski definition) is 2. The van der Waals surface area contributed by atoms with Crippen molar-refractivity contribution in [1.82, 2.24) is 4.90 Å². The second-order valence-electron chi connectivity index (χ2n) is 4.01. The molecule has 0 aromatic carbocycles. The molecule has 2 N–H and O–H groups in total. The number of carboxylic acid groups (broad SMARTS) is 1. The van der Waals surface area contributed by atoms with Gasteiger partial charge in [0.15, 0.2) is 0 Å². The molecule has 2 aliphatic rings. The number of amides is 1. The summed E-state index contributed by atoms with van der Waals surface area (Å²) in [5.41, 5.74) is 0. The molecule has 0 spiro atoms. The molecule has 2 rings (SSSR count). The van der Waals surface area contributed by atoms with E-state index in [4.69, 9.17) is 5.11 Å². The van der Waals surface area contributed by atoms with Crippen LogP contribution in [0.15, 0.2) is 0 Å². The van der Waals surface area contributed by atoms with E-state index in [9.17, 15) is 9.90 Å². The van der Waals surface area contributed by atoms with Crippen molar-refractivity contribution in [3.63, 3.8) is 0 Å². The van der Waals surface area contributed by atoms with E-state index in [-0.39, 0.29) is 6.04 Å². The van der Waals surface area contributed by atoms with Gasteiger partial charge in [-0.3, -0.25) is 0 Å². The fourth-order valence-corrected chi connectivity index (χ4v) is 2.71. The summed E-state index contributed by atoms with van der Waals surface area (Å²) in [5.74, 6) is 0.403. The molecular formula is C9H15NO3. The van der Waals surface area contributed by atoms with Gasteiger partial charge in [0.2, 0.25) is 0 Å². The number of carbonyl (C=O) groups is 1. The summed E-state index contributed by atoms with van der Waals surface area (Å²) < 4.78 is 0. The standard InChI is InChI=1S/C9H15NO3/c11-7-4-3-6-2-1-5-10(8(6)7)9(12)13/h6-8,11H,1-5H2,(H,12,13)/t6-,7?,8-/m1/s1. The van der Waals surface area contributed by atoms with Crippen LogP contribution in [0.4, 0.5) is 4.79 Å². The second kappa shape index (κ2) is 3.18. The molecular weight excluding hydrogens is 170 g/mol. The highest BCUT2D eigenvalue weighted by Crippen LogP contribution is 2.36. The third-order valence-corrected chi connectivity index (χ3v) is 3.29. The van der Waals surface area contributed by atoms with Crippen molar-refractivity contribution in [1.29, 1.82) is 0 Å². The van der Waals surface area contributed by atoms with Crippen LogP contribution in [0, 0.1) is 5.92 Å². The Morgan fingerprint density at radius 3 is 2.77 bits per heavy atom. The van der Waals surface area contributed by atoms with Crippen LogP contribution in [0.5, 0.6) is 0 Å². The van der Waals surface area contributed by atoms with Crippen LogP contribution in [0.2, 0.25) is 0 Å². The van der Waals surface area contributed by atoms with E-state index < -0.39 is 12.2 Å². The molecule has 1 amide bonds. The zero-order valence-corrected chi connectivity index (χ0v) is 7.52. The average Bonchev–Trinajstić information content (AvgIpc) is 2.48. The van der Waals surface area contributed by atoms with Crippen molar-refractivity contribution in [3.05, 3.63) is 0 Å². The number of rotatable bonds is 0. The van der Waals surface area contributed by atoms with Gasteiger partial charge in [-0.1, -0.05) is 0 Å². The van der Waals surface area contributed by atoms with E-state index in [2.05, 4.69) is 0 Å². The summed E-state index contributed by atoms with van der Waals surface area (Å²) in [5, 5.41) is 18.6. The Labute approximate surface area is 77.2 Å². The molecule has 0 aromatic heterocycles. The molecule has 1 saturated carbocycles. The van der Waals surface area contributed by atoms with Crippen LogP contribution in [0.3, 0.4) is 0 Å². The molecule has 74 valence electrons. The molecule has 1 aliphatic heterocycles. The first-order valence-electron chi connectivity index (χ1n) is 4.88. The molecule has 13 heavy (non-hydrogen) atoms. The van der Waals surface area contributed by atoms with Crippen LogP contribution < -0.4 is 0 Å². The van der Waals surface area contributed by atoms with Crippen molar-refractivity contribution in [2.45, 2.75) is 37.8 Å². The van der Waals surface area contributed by atoms with Crippen LogP contribution in [-0.4, -0.2) is 39.9 Å². The summed E-state index contributed by atoms with van der Waals surface area (Å²) >= 11 is 0. The summed E-state index contributed by atoms with van der Waals surface area (Å²) in [7, 11) is 0. The number of nitrogens with zero attached hydrogens (tertiary/aromatic N) is 1. The minimum atomic E-state index is -0.879. The summed E-state index contributed by atoms with van der Waals surface area (Å²) in [6.07, 6.45) is 2.46. The van der Waals surface area contributed by atoms with E-state index in [1.807, 2.05) is 0 Å². The summed E-state index contributed by atoms with van der Waals surface area (Å²) in [4.78, 5) is 12.3. The normalized spacial score (nSPS) is 38.8. The van der Waals surface area contributed by atoms with Crippen molar-refractivity contribution >= 4 is 6.09 Å². The molecule has 2 fully saturated rings. The Balaban J connectivity index is 2.14. The zero-order valence-electron chi connectivity index (χ0n) is 7.52. The van der Waals surface area contributed by atoms with Gasteiger partial charge in [-0.15, -0.1) is 0 Å². The van der Waals surface area contributed by atoms with Crippen molar-refractivity contribution < 1.29 is 15.0 Å². The molecule has 4 heteroatoms. The van der Waals surface area contributed by atoms with Crippen LogP contribution >= 0.6 is 0 Å². The lowest BCUT2D eigenvalue weighted by Crippen LogP contribution is -2.50. The quantitative estimate of drug-likeness (QED) is 0.589. The minimum Gasteiger partial charge on any atom is -0.465 e. The lowest BCUT2D eigenvalue weighted by Gasteiger charge is -2.37. The lowest BCUT2D eigenvalue weighted by atomic mass is 9.92. The highest BCUT2D eigenvalue weighted by atomic mass is 16.4. The highest BCUT2D eigenvalue weighted by Gasteiger charge is 2.42. The topological polar surface area (TPSA) is 60.8 Å². The minimum absolute atomic E-state index is 0.119. The van der Waals surface area contributed by atoms with E-state index in [1.54, 1.807) is 0 Å². The Bertz CT molecular complexity index is 217. The van der Waals surface area contributed by atoms with Gasteiger partial charge in [0, 0.05) is 6.54 Å². The Hall–Kier alpha value is -0.770. The number of aliphatic hydroxyl groups excluding tert-OH is 1. The average molecular weight is 185 g/mol. The SMILES string of the molecule is O=C(O)N1CCC[C@@H]2CCC(O)[C@@H]21. The number of fused-ring (bicyclic) bond motifs is 1. The van der Waals surface area contributed by atoms with Crippen molar-refractivity contribution in [2.24, 2.45) is 5.92 Å². The maximum Gasteiger partial charge on any atom is 0.407 e. The van der Waals surface area contributed by atoms with Gasteiger partial charge in [0.25, 0.3) is 0 Å². The first-order chi connectivity index (χ1) is 6.20. The monoisotopic (exact) mass is 185 g/mol. The van der Waals surface area contributed by atoms with Crippen molar-refractivity contribution in [2.75, 3.05) is 6.54 Å². The molecule has 1 heterocycles. The van der Waals surface area contributed by atoms with Crippen molar-refractivity contribution in [3.8, 4) is 0 Å². The molecule has 0 bridgehead atoms. The van der Waals surface area contributed by atoms with Gasteiger partial charge in [-0.2, -0.15) is 0 Å². The third kappa shape index (κ3) is 1.39. The number of aliphatic hydroxyl groups is 1. The van der Waals surface area contributed by atoms with Crippen LogP contribution in [0.1, 0.15) is 25.7 Å². The third-order valence-electron chi connectivity index (χ3n) is 3.29. The molecule has 0 aromatic rings. The van der Waals surface area contributed by atoms with Gasteiger partial charge in [0.05, 0.1) is 12.1 Å². The predicted octanol–water partition coefficient (Wildman–Crippen LogP) is 0.900. The van der Waals surface area contributed by atoms with Gasteiger partial charge in [-0.25, -0.2) is 4.79 Å². The Morgan fingerprint density at radius 1 is 1.31 bits per heavy atom. The van der Waals surface area contributed by atoms with E-state index in [1.165, 1.54) is 4.90 Å². The molecule has 0 radical (unpaired) electrons. The van der Waals surface area contributed by atoms with Crippen LogP contribution in [-0.2, 0) is 0 Å². The summed E-state index contributed by atoms with van der Waals surface area (Å²) in [6, 6.07) is -0.119. The fourth-order valence-electron chi connectivity index (χ4n) is 2.71. The van der Waals surface area contributed by atoms with Gasteiger partial charge in [-0.05, 0) is 31.6 Å². The largest absolute Gasteiger partial charge is 0.465 e. The zero-order chi connectivity index (χ0) is 9.42. The first-order valence-corrected chi connectivity index (χ1v) is 4.88.